The number of benzene rings is 1. The van der Waals surface area contributed by atoms with Crippen LogP contribution in [0.15, 0.2) is 24.3 Å². The molecule has 1 aromatic rings. The topological polar surface area (TPSA) is 93.5 Å². The molecule has 0 saturated carbocycles. The van der Waals surface area contributed by atoms with E-state index in [1.807, 2.05) is 6.92 Å². The fourth-order valence-corrected chi connectivity index (χ4v) is 1.61. The highest BCUT2D eigenvalue weighted by atomic mass is 35.5. The minimum Gasteiger partial charge on any atom is -0.372 e. The molecule has 0 spiro atoms. The van der Waals surface area contributed by atoms with E-state index < -0.39 is 6.10 Å². The van der Waals surface area contributed by atoms with Gasteiger partial charge in [-0.2, -0.15) is 0 Å². The summed E-state index contributed by atoms with van der Waals surface area (Å²) in [4.78, 5) is 23.4. The molecule has 0 aliphatic carbocycles. The number of rotatable bonds is 7. The lowest BCUT2D eigenvalue weighted by Gasteiger charge is -2.12. The van der Waals surface area contributed by atoms with Crippen molar-refractivity contribution in [2.24, 2.45) is 5.73 Å². The largest absolute Gasteiger partial charge is 0.372 e. The lowest BCUT2D eigenvalue weighted by Crippen LogP contribution is -2.26. The van der Waals surface area contributed by atoms with Crippen LogP contribution in [-0.2, 0) is 14.3 Å². The lowest BCUT2D eigenvalue weighted by molar-refractivity contribution is -0.124. The lowest BCUT2D eigenvalue weighted by atomic mass is 10.2. The van der Waals surface area contributed by atoms with E-state index in [1.54, 1.807) is 31.2 Å². The third kappa shape index (κ3) is 7.40. The van der Waals surface area contributed by atoms with Crippen molar-refractivity contribution >= 4 is 35.6 Å². The predicted molar refractivity (Wildman–Crippen MR) is 90.3 cm³/mol. The van der Waals surface area contributed by atoms with Gasteiger partial charge in [0.15, 0.2) is 0 Å². The van der Waals surface area contributed by atoms with Gasteiger partial charge in [0.1, 0.15) is 6.10 Å². The molecule has 0 aliphatic rings. The molecule has 1 rings (SSSR count). The SMILES string of the molecule is COC(C)C(=O)Nc1cccc(NC(=O)CCC(C)N)c1.Cl. The number of nitrogens with two attached hydrogens (primary N) is 1. The number of anilines is 2. The summed E-state index contributed by atoms with van der Waals surface area (Å²) in [6.45, 7) is 3.52. The van der Waals surface area contributed by atoms with E-state index in [0.717, 1.165) is 0 Å². The zero-order valence-electron chi connectivity index (χ0n) is 13.1. The molecule has 0 aromatic heterocycles. The average molecular weight is 330 g/mol. The van der Waals surface area contributed by atoms with Crippen LogP contribution in [0.5, 0.6) is 0 Å². The monoisotopic (exact) mass is 329 g/mol. The molecule has 0 bridgehead atoms. The molecule has 0 fully saturated rings. The molecule has 2 amide bonds. The van der Waals surface area contributed by atoms with Crippen molar-refractivity contribution in [3.8, 4) is 0 Å². The van der Waals surface area contributed by atoms with Gasteiger partial charge >= 0.3 is 0 Å². The van der Waals surface area contributed by atoms with Crippen molar-refractivity contribution in [2.45, 2.75) is 38.8 Å². The number of hydrogen-bond acceptors (Lipinski definition) is 4. The van der Waals surface area contributed by atoms with Gasteiger partial charge in [0.25, 0.3) is 5.91 Å². The standard InChI is InChI=1S/C15H23N3O3.ClH/c1-10(16)7-8-14(19)17-12-5-4-6-13(9-12)18-15(20)11(2)21-3;/h4-6,9-11H,7-8,16H2,1-3H3,(H,17,19)(H,18,20);1H. The number of ether oxygens (including phenoxy) is 1. The minimum atomic E-state index is -0.533. The zero-order valence-corrected chi connectivity index (χ0v) is 13.9. The minimum absolute atomic E-state index is 0. The van der Waals surface area contributed by atoms with Gasteiger partial charge in [-0.3, -0.25) is 9.59 Å². The first-order valence-electron chi connectivity index (χ1n) is 6.91. The number of carbonyl (C=O) groups excluding carboxylic acids is 2. The number of hydrogen-bond donors (Lipinski definition) is 3. The van der Waals surface area contributed by atoms with Gasteiger partial charge in [-0.1, -0.05) is 6.07 Å². The van der Waals surface area contributed by atoms with E-state index >= 15 is 0 Å². The van der Waals surface area contributed by atoms with Gasteiger partial charge in [0.05, 0.1) is 0 Å². The Balaban J connectivity index is 0.00000441. The van der Waals surface area contributed by atoms with Crippen LogP contribution in [0.1, 0.15) is 26.7 Å². The van der Waals surface area contributed by atoms with E-state index in [-0.39, 0.29) is 30.3 Å². The summed E-state index contributed by atoms with van der Waals surface area (Å²) < 4.78 is 4.94. The molecule has 22 heavy (non-hydrogen) atoms. The molecule has 0 heterocycles. The maximum atomic E-state index is 11.7. The van der Waals surface area contributed by atoms with Crippen LogP contribution in [0.4, 0.5) is 11.4 Å². The van der Waals surface area contributed by atoms with Gasteiger partial charge in [0, 0.05) is 30.9 Å². The number of halogens is 1. The van der Waals surface area contributed by atoms with Gasteiger partial charge in [-0.05, 0) is 38.5 Å². The molecule has 1 aromatic carbocycles. The molecule has 124 valence electrons. The molecule has 2 atom stereocenters. The first-order valence-corrected chi connectivity index (χ1v) is 6.91. The second kappa shape index (κ2) is 10.2. The Morgan fingerprint density at radius 2 is 1.82 bits per heavy atom. The Morgan fingerprint density at radius 1 is 1.23 bits per heavy atom. The Labute approximate surface area is 137 Å². The van der Waals surface area contributed by atoms with Crippen molar-refractivity contribution in [3.63, 3.8) is 0 Å². The molecule has 4 N–H and O–H groups in total. The number of amides is 2. The highest BCUT2D eigenvalue weighted by molar-refractivity contribution is 5.95. The molecule has 0 aliphatic heterocycles. The number of nitrogens with one attached hydrogen (secondary N) is 2. The normalized spacial score (nSPS) is 12.7. The summed E-state index contributed by atoms with van der Waals surface area (Å²) in [5.41, 5.74) is 6.85. The number of methoxy groups -OCH3 is 1. The summed E-state index contributed by atoms with van der Waals surface area (Å²) in [5, 5.41) is 5.50. The van der Waals surface area contributed by atoms with E-state index in [0.29, 0.717) is 24.2 Å². The van der Waals surface area contributed by atoms with Crippen molar-refractivity contribution in [3.05, 3.63) is 24.3 Å². The van der Waals surface area contributed by atoms with Gasteiger partial charge in [0.2, 0.25) is 5.91 Å². The van der Waals surface area contributed by atoms with Crippen LogP contribution in [-0.4, -0.2) is 31.1 Å². The Hall–Kier alpha value is -1.63. The fraction of sp³-hybridized carbons (Fsp3) is 0.467. The zero-order chi connectivity index (χ0) is 15.8. The highest BCUT2D eigenvalue weighted by Gasteiger charge is 2.12. The van der Waals surface area contributed by atoms with Crippen molar-refractivity contribution in [1.29, 1.82) is 0 Å². The van der Waals surface area contributed by atoms with Crippen molar-refractivity contribution in [2.75, 3.05) is 17.7 Å². The maximum absolute atomic E-state index is 11.7. The Bertz CT molecular complexity index is 495. The Morgan fingerprint density at radius 3 is 2.36 bits per heavy atom. The van der Waals surface area contributed by atoms with Crippen molar-refractivity contribution < 1.29 is 14.3 Å². The Kier molecular flexibility index (Phi) is 9.40. The van der Waals surface area contributed by atoms with E-state index in [1.165, 1.54) is 7.11 Å². The first kappa shape index (κ1) is 20.4. The highest BCUT2D eigenvalue weighted by Crippen LogP contribution is 2.16. The third-order valence-corrected chi connectivity index (χ3v) is 2.96. The summed E-state index contributed by atoms with van der Waals surface area (Å²) in [7, 11) is 1.47. The second-order valence-electron chi connectivity index (χ2n) is 5.01. The second-order valence-corrected chi connectivity index (χ2v) is 5.01. The van der Waals surface area contributed by atoms with Crippen LogP contribution in [0.3, 0.4) is 0 Å². The fourth-order valence-electron chi connectivity index (χ4n) is 1.61. The van der Waals surface area contributed by atoms with Gasteiger partial charge < -0.3 is 21.1 Å². The van der Waals surface area contributed by atoms with E-state index in [2.05, 4.69) is 10.6 Å². The predicted octanol–water partition coefficient (Wildman–Crippen LogP) is 2.15. The van der Waals surface area contributed by atoms with Crippen molar-refractivity contribution in [1.82, 2.24) is 0 Å². The van der Waals surface area contributed by atoms with E-state index in [4.69, 9.17) is 10.5 Å². The average Bonchev–Trinajstić information content (AvgIpc) is 2.44. The van der Waals surface area contributed by atoms with Crippen LogP contribution < -0.4 is 16.4 Å². The van der Waals surface area contributed by atoms with E-state index in [9.17, 15) is 9.59 Å². The summed E-state index contributed by atoms with van der Waals surface area (Å²) in [6, 6.07) is 6.96. The molecule has 0 saturated heterocycles. The first-order chi connectivity index (χ1) is 9.92. The van der Waals surface area contributed by atoms with Gasteiger partial charge in [-0.15, -0.1) is 12.4 Å². The third-order valence-electron chi connectivity index (χ3n) is 2.96. The summed E-state index contributed by atoms with van der Waals surface area (Å²) in [6.07, 6.45) is 0.469. The summed E-state index contributed by atoms with van der Waals surface area (Å²) in [5.74, 6) is -0.334. The molecular weight excluding hydrogens is 306 g/mol. The molecule has 7 heteroatoms. The number of carbonyl (C=O) groups is 2. The molecule has 6 nitrogen and oxygen atoms in total. The van der Waals surface area contributed by atoms with Crippen LogP contribution >= 0.6 is 12.4 Å². The van der Waals surface area contributed by atoms with Crippen LogP contribution in [0, 0.1) is 0 Å². The quantitative estimate of drug-likeness (QED) is 0.714. The van der Waals surface area contributed by atoms with Crippen LogP contribution in [0.25, 0.3) is 0 Å². The molecular formula is C15H24ClN3O3. The van der Waals surface area contributed by atoms with Crippen LogP contribution in [0.2, 0.25) is 0 Å². The smallest absolute Gasteiger partial charge is 0.253 e. The van der Waals surface area contributed by atoms with Gasteiger partial charge in [-0.25, -0.2) is 0 Å². The maximum Gasteiger partial charge on any atom is 0.253 e. The molecule has 2 unspecified atom stereocenters. The molecule has 0 radical (unpaired) electrons. The summed E-state index contributed by atoms with van der Waals surface area (Å²) >= 11 is 0.